The van der Waals surface area contributed by atoms with Gasteiger partial charge in [0.25, 0.3) is 5.69 Å². The van der Waals surface area contributed by atoms with Crippen molar-refractivity contribution in [3.8, 4) is 0 Å². The molecule has 15 heavy (non-hydrogen) atoms. The summed E-state index contributed by atoms with van der Waals surface area (Å²) >= 11 is 5.53. The molecule has 0 N–H and O–H groups in total. The third kappa shape index (κ3) is 1.73. The molecule has 0 spiro atoms. The second-order valence-electron chi connectivity index (χ2n) is 3.19. The lowest BCUT2D eigenvalue weighted by Gasteiger charge is -1.89. The van der Waals surface area contributed by atoms with Gasteiger partial charge in [-0.15, -0.1) is 4.68 Å². The second-order valence-corrected chi connectivity index (χ2v) is 3.53. The van der Waals surface area contributed by atoms with E-state index in [0.29, 0.717) is 5.69 Å². The van der Waals surface area contributed by atoms with Gasteiger partial charge >= 0.3 is 5.24 Å². The minimum Gasteiger partial charge on any atom is -1.00 e. The molecule has 3 nitrogen and oxygen atoms in total. The van der Waals surface area contributed by atoms with Gasteiger partial charge in [-0.25, -0.2) is 0 Å². The van der Waals surface area contributed by atoms with Gasteiger partial charge in [-0.3, -0.25) is 4.79 Å². The number of fused-ring (bicyclic) bond motifs is 1. The Kier molecular flexibility index (Phi) is 3.37. The molecule has 0 atom stereocenters. The van der Waals surface area contributed by atoms with E-state index in [9.17, 15) is 4.79 Å². The Hall–Kier alpha value is -1.06. The zero-order valence-electron chi connectivity index (χ0n) is 8.37. The Morgan fingerprint density at radius 2 is 2.00 bits per heavy atom. The van der Waals surface area contributed by atoms with Gasteiger partial charge in [-0.1, -0.05) is 12.1 Å². The number of benzene rings is 1. The van der Waals surface area contributed by atoms with Crippen LogP contribution in [0.25, 0.3) is 10.9 Å². The highest BCUT2D eigenvalue weighted by Gasteiger charge is 2.24. The standard InChI is InChI=1S/C10H10ClN2O.ClH/c1-12-8-6-4-3-5-7(8)9(10(11)14)13(12)2;/h3-6H,1-2H3;1H/q+1;/p-1. The molecule has 2 aromatic rings. The molecule has 2 rings (SSSR count). The fourth-order valence-electron chi connectivity index (χ4n) is 1.68. The van der Waals surface area contributed by atoms with Crippen LogP contribution in [0.3, 0.4) is 0 Å². The molecule has 1 aromatic carbocycles. The summed E-state index contributed by atoms with van der Waals surface area (Å²) in [5, 5.41) is 0.460. The van der Waals surface area contributed by atoms with Gasteiger partial charge in [-0.05, 0) is 23.7 Å². The first-order valence-electron chi connectivity index (χ1n) is 4.26. The molecule has 5 heteroatoms. The SMILES string of the molecule is Cn1c2ccccc2c(C(=O)Cl)[n+]1C.[Cl-]. The minimum atomic E-state index is -0.427. The number of rotatable bonds is 1. The highest BCUT2D eigenvalue weighted by molar-refractivity contribution is 6.68. The van der Waals surface area contributed by atoms with Crippen molar-refractivity contribution in [3.05, 3.63) is 30.0 Å². The molecule has 0 radical (unpaired) electrons. The highest BCUT2D eigenvalue weighted by atomic mass is 35.5. The van der Waals surface area contributed by atoms with Crippen LogP contribution >= 0.6 is 11.6 Å². The lowest BCUT2D eigenvalue weighted by molar-refractivity contribution is -0.750. The molecule has 80 valence electrons. The van der Waals surface area contributed by atoms with E-state index in [-0.39, 0.29) is 12.4 Å². The summed E-state index contributed by atoms with van der Waals surface area (Å²) in [7, 11) is 3.71. The predicted octanol–water partition coefficient (Wildman–Crippen LogP) is -1.61. The average Bonchev–Trinajstić information content (AvgIpc) is 2.41. The first kappa shape index (κ1) is 12.0. The van der Waals surface area contributed by atoms with Crippen molar-refractivity contribution in [1.29, 1.82) is 0 Å². The zero-order chi connectivity index (χ0) is 10.3. The number of aromatic nitrogens is 2. The lowest BCUT2D eigenvalue weighted by atomic mass is 10.2. The van der Waals surface area contributed by atoms with Crippen LogP contribution in [0.4, 0.5) is 0 Å². The quantitative estimate of drug-likeness (QED) is 0.438. The van der Waals surface area contributed by atoms with Crippen LogP contribution in [0.15, 0.2) is 24.3 Å². The molecule has 0 saturated carbocycles. The van der Waals surface area contributed by atoms with E-state index in [0.717, 1.165) is 10.9 Å². The Labute approximate surface area is 98.6 Å². The molecule has 0 amide bonds. The third-order valence-electron chi connectivity index (χ3n) is 2.47. The lowest BCUT2D eigenvalue weighted by Crippen LogP contribution is -3.00. The van der Waals surface area contributed by atoms with Crippen LogP contribution in [0.1, 0.15) is 10.5 Å². The van der Waals surface area contributed by atoms with Crippen LogP contribution in [-0.4, -0.2) is 9.92 Å². The highest BCUT2D eigenvalue weighted by Crippen LogP contribution is 2.16. The summed E-state index contributed by atoms with van der Waals surface area (Å²) in [6.07, 6.45) is 0. The van der Waals surface area contributed by atoms with E-state index in [2.05, 4.69) is 0 Å². The fraction of sp³-hybridized carbons (Fsp3) is 0.200. The molecule has 1 aromatic heterocycles. The third-order valence-corrected chi connectivity index (χ3v) is 2.65. The van der Waals surface area contributed by atoms with Crippen LogP contribution < -0.4 is 17.1 Å². The number of para-hydroxylation sites is 1. The van der Waals surface area contributed by atoms with Crippen molar-refractivity contribution in [2.75, 3.05) is 0 Å². The van der Waals surface area contributed by atoms with Gasteiger partial charge in [0.1, 0.15) is 5.52 Å². The number of carbonyl (C=O) groups is 1. The molecule has 0 saturated heterocycles. The molecule has 0 aliphatic heterocycles. The molecule has 0 bridgehead atoms. The molecular weight excluding hydrogens is 235 g/mol. The number of hydrogen-bond acceptors (Lipinski definition) is 1. The van der Waals surface area contributed by atoms with Crippen molar-refractivity contribution in [2.45, 2.75) is 0 Å². The summed E-state index contributed by atoms with van der Waals surface area (Å²) < 4.78 is 3.64. The number of nitrogens with zero attached hydrogens (tertiary/aromatic N) is 2. The maximum atomic E-state index is 11.2. The largest absolute Gasteiger partial charge is 1.00 e. The average molecular weight is 245 g/mol. The number of carbonyl (C=O) groups excluding carboxylic acids is 1. The van der Waals surface area contributed by atoms with Crippen molar-refractivity contribution in [2.24, 2.45) is 14.1 Å². The van der Waals surface area contributed by atoms with E-state index < -0.39 is 5.24 Å². The predicted molar refractivity (Wildman–Crippen MR) is 54.3 cm³/mol. The maximum absolute atomic E-state index is 11.2. The van der Waals surface area contributed by atoms with Crippen molar-refractivity contribution in [3.63, 3.8) is 0 Å². The Bertz CT molecular complexity index is 519. The summed E-state index contributed by atoms with van der Waals surface area (Å²) in [6.45, 7) is 0. The van der Waals surface area contributed by atoms with Gasteiger partial charge in [-0.2, -0.15) is 4.68 Å². The van der Waals surface area contributed by atoms with Crippen molar-refractivity contribution >= 4 is 27.7 Å². The van der Waals surface area contributed by atoms with E-state index in [4.69, 9.17) is 11.6 Å². The molecule has 0 fully saturated rings. The van der Waals surface area contributed by atoms with Crippen LogP contribution in [-0.2, 0) is 14.1 Å². The Balaban J connectivity index is 0.00000112. The second kappa shape index (κ2) is 4.21. The number of aryl methyl sites for hydroxylation is 1. The van der Waals surface area contributed by atoms with E-state index >= 15 is 0 Å². The number of hydrogen-bond donors (Lipinski definition) is 0. The first-order chi connectivity index (χ1) is 6.63. The Morgan fingerprint density at radius 3 is 2.60 bits per heavy atom. The van der Waals surface area contributed by atoms with Crippen LogP contribution in [0.5, 0.6) is 0 Å². The summed E-state index contributed by atoms with van der Waals surface area (Å²) in [4.78, 5) is 11.2. The molecular formula is C10H10Cl2N2O. The molecule has 0 unspecified atom stereocenters. The minimum absolute atomic E-state index is 0. The maximum Gasteiger partial charge on any atom is 0.319 e. The van der Waals surface area contributed by atoms with E-state index in [1.165, 1.54) is 0 Å². The summed E-state index contributed by atoms with van der Waals surface area (Å²) in [5.41, 5.74) is 1.53. The summed E-state index contributed by atoms with van der Waals surface area (Å²) in [5.74, 6) is 0. The molecule has 0 aliphatic carbocycles. The summed E-state index contributed by atoms with van der Waals surface area (Å²) in [6, 6.07) is 7.68. The van der Waals surface area contributed by atoms with E-state index in [1.54, 1.807) is 4.68 Å². The normalized spacial score (nSPS) is 10.1. The fourth-order valence-corrected chi connectivity index (χ4v) is 1.90. The molecule has 0 aliphatic rings. The smallest absolute Gasteiger partial charge is 0.319 e. The monoisotopic (exact) mass is 244 g/mol. The van der Waals surface area contributed by atoms with Crippen LogP contribution in [0.2, 0.25) is 0 Å². The van der Waals surface area contributed by atoms with Gasteiger partial charge in [0.15, 0.2) is 7.05 Å². The Morgan fingerprint density at radius 1 is 1.40 bits per heavy atom. The first-order valence-corrected chi connectivity index (χ1v) is 4.64. The van der Waals surface area contributed by atoms with Gasteiger partial charge in [0, 0.05) is 0 Å². The molecule has 1 heterocycles. The topological polar surface area (TPSA) is 25.9 Å². The van der Waals surface area contributed by atoms with Crippen LogP contribution in [0, 0.1) is 0 Å². The van der Waals surface area contributed by atoms with Gasteiger partial charge in [0.2, 0.25) is 0 Å². The zero-order valence-corrected chi connectivity index (χ0v) is 9.88. The number of halogens is 2. The van der Waals surface area contributed by atoms with Crippen molar-refractivity contribution in [1.82, 2.24) is 4.68 Å². The van der Waals surface area contributed by atoms with E-state index in [1.807, 2.05) is 43.0 Å². The van der Waals surface area contributed by atoms with Crippen molar-refractivity contribution < 1.29 is 21.9 Å². The van der Waals surface area contributed by atoms with Gasteiger partial charge in [0.05, 0.1) is 12.4 Å². The van der Waals surface area contributed by atoms with Gasteiger partial charge < -0.3 is 12.4 Å².